The van der Waals surface area contributed by atoms with Crippen LogP contribution in [0.3, 0.4) is 0 Å². The molecule has 0 radical (unpaired) electrons. The van der Waals surface area contributed by atoms with Crippen molar-refractivity contribution < 1.29 is 0 Å². The van der Waals surface area contributed by atoms with Gasteiger partial charge in [0.2, 0.25) is 0 Å². The second kappa shape index (κ2) is 5.91. The molecule has 0 aliphatic rings. The fourth-order valence-corrected chi connectivity index (χ4v) is 3.71. The highest BCUT2D eigenvalue weighted by molar-refractivity contribution is 9.10. The van der Waals surface area contributed by atoms with Crippen LogP contribution in [0.5, 0.6) is 0 Å². The lowest BCUT2D eigenvalue weighted by molar-refractivity contribution is 0.722. The average molecular weight is 317 g/mol. The molecule has 2 heterocycles. The normalized spacial score (nSPS) is 10.9. The molecular weight excluding hydrogens is 304 g/mol. The highest BCUT2D eigenvalue weighted by Crippen LogP contribution is 2.30. The number of hydrogen-bond acceptors (Lipinski definition) is 4. The van der Waals surface area contributed by atoms with E-state index in [2.05, 4.69) is 43.1 Å². The van der Waals surface area contributed by atoms with Crippen molar-refractivity contribution in [3.63, 3.8) is 0 Å². The largest absolute Gasteiger partial charge is 0.320 e. The Labute approximate surface area is 112 Å². The minimum absolute atomic E-state index is 1.06. The van der Waals surface area contributed by atoms with Crippen LogP contribution in [0.25, 0.3) is 10.6 Å². The summed E-state index contributed by atoms with van der Waals surface area (Å²) in [6.45, 7) is 1.06. The van der Waals surface area contributed by atoms with Gasteiger partial charge < -0.3 is 5.32 Å². The SMILES string of the molecule is CNCCCc1nc(-c2cc(Br)cs2)cs1. The zero-order valence-electron chi connectivity index (χ0n) is 9.00. The Morgan fingerprint density at radius 3 is 2.94 bits per heavy atom. The van der Waals surface area contributed by atoms with Crippen molar-refractivity contribution in [2.45, 2.75) is 12.8 Å². The van der Waals surface area contributed by atoms with Crippen LogP contribution in [0.15, 0.2) is 21.3 Å². The first-order valence-electron chi connectivity index (χ1n) is 5.13. The van der Waals surface area contributed by atoms with Gasteiger partial charge in [0.1, 0.15) is 0 Å². The van der Waals surface area contributed by atoms with Crippen LogP contribution >= 0.6 is 38.6 Å². The summed E-state index contributed by atoms with van der Waals surface area (Å²) in [5.41, 5.74) is 1.11. The van der Waals surface area contributed by atoms with Gasteiger partial charge in [-0.05, 0) is 42.0 Å². The van der Waals surface area contributed by atoms with E-state index in [4.69, 9.17) is 0 Å². The molecular formula is C11H13BrN2S2. The minimum atomic E-state index is 1.06. The van der Waals surface area contributed by atoms with E-state index < -0.39 is 0 Å². The molecule has 2 aromatic rings. The summed E-state index contributed by atoms with van der Waals surface area (Å²) in [6.07, 6.45) is 2.22. The summed E-state index contributed by atoms with van der Waals surface area (Å²) in [7, 11) is 1.98. The molecule has 0 fully saturated rings. The van der Waals surface area contributed by atoms with Crippen molar-refractivity contribution >= 4 is 38.6 Å². The summed E-state index contributed by atoms with van der Waals surface area (Å²) >= 11 is 6.95. The molecule has 2 aromatic heterocycles. The van der Waals surface area contributed by atoms with Gasteiger partial charge in [0.25, 0.3) is 0 Å². The zero-order valence-corrected chi connectivity index (χ0v) is 12.2. The van der Waals surface area contributed by atoms with E-state index in [1.165, 1.54) is 9.88 Å². The first-order valence-corrected chi connectivity index (χ1v) is 7.68. The van der Waals surface area contributed by atoms with Crippen LogP contribution < -0.4 is 5.32 Å². The predicted octanol–water partition coefficient (Wildman–Crippen LogP) is 3.79. The number of aryl methyl sites for hydroxylation is 1. The molecule has 0 aromatic carbocycles. The van der Waals surface area contributed by atoms with Crippen molar-refractivity contribution in [3.05, 3.63) is 26.3 Å². The number of nitrogens with zero attached hydrogens (tertiary/aromatic N) is 1. The van der Waals surface area contributed by atoms with Gasteiger partial charge in [-0.1, -0.05) is 0 Å². The van der Waals surface area contributed by atoms with E-state index in [-0.39, 0.29) is 0 Å². The van der Waals surface area contributed by atoms with Crippen molar-refractivity contribution in [1.29, 1.82) is 0 Å². The zero-order chi connectivity index (χ0) is 11.4. The maximum absolute atomic E-state index is 4.65. The fraction of sp³-hybridized carbons (Fsp3) is 0.364. The molecule has 0 atom stereocenters. The smallest absolute Gasteiger partial charge is 0.0933 e. The lowest BCUT2D eigenvalue weighted by Crippen LogP contribution is -2.08. The fourth-order valence-electron chi connectivity index (χ4n) is 1.40. The Bertz CT molecular complexity index is 450. The molecule has 0 saturated carbocycles. The Balaban J connectivity index is 2.02. The molecule has 2 nitrogen and oxygen atoms in total. The van der Waals surface area contributed by atoms with Crippen LogP contribution in [0.1, 0.15) is 11.4 Å². The van der Waals surface area contributed by atoms with Crippen LogP contribution in [0.2, 0.25) is 0 Å². The summed E-state index contributed by atoms with van der Waals surface area (Å²) < 4.78 is 1.14. The Morgan fingerprint density at radius 1 is 1.38 bits per heavy atom. The van der Waals surface area contributed by atoms with Crippen molar-refractivity contribution in [1.82, 2.24) is 10.3 Å². The highest BCUT2D eigenvalue weighted by atomic mass is 79.9. The molecule has 16 heavy (non-hydrogen) atoms. The van der Waals surface area contributed by atoms with Crippen molar-refractivity contribution in [3.8, 4) is 10.6 Å². The first kappa shape index (κ1) is 12.2. The second-order valence-electron chi connectivity index (χ2n) is 3.46. The summed E-state index contributed by atoms with van der Waals surface area (Å²) in [5, 5.41) is 8.62. The number of aromatic nitrogens is 1. The van der Waals surface area contributed by atoms with E-state index in [1.54, 1.807) is 22.7 Å². The van der Waals surface area contributed by atoms with Crippen molar-refractivity contribution in [2.24, 2.45) is 0 Å². The summed E-state index contributed by atoms with van der Waals surface area (Å²) in [6, 6.07) is 2.12. The first-order chi connectivity index (χ1) is 7.79. The van der Waals surface area contributed by atoms with Gasteiger partial charge in [-0.3, -0.25) is 0 Å². The summed E-state index contributed by atoms with van der Waals surface area (Å²) in [4.78, 5) is 5.88. The number of nitrogens with one attached hydrogen (secondary N) is 1. The maximum Gasteiger partial charge on any atom is 0.0933 e. The number of thiazole rings is 1. The van der Waals surface area contributed by atoms with Gasteiger partial charge >= 0.3 is 0 Å². The van der Waals surface area contributed by atoms with Gasteiger partial charge in [-0.2, -0.15) is 0 Å². The van der Waals surface area contributed by atoms with Gasteiger partial charge in [0.15, 0.2) is 0 Å². The Hall–Kier alpha value is -0.230. The number of halogens is 1. The van der Waals surface area contributed by atoms with E-state index in [0.717, 1.165) is 29.6 Å². The molecule has 0 aliphatic heterocycles. The number of hydrogen-bond donors (Lipinski definition) is 1. The minimum Gasteiger partial charge on any atom is -0.320 e. The topological polar surface area (TPSA) is 24.9 Å². The molecule has 5 heteroatoms. The molecule has 0 unspecified atom stereocenters. The second-order valence-corrected chi connectivity index (χ2v) is 6.23. The van der Waals surface area contributed by atoms with Gasteiger partial charge in [-0.15, -0.1) is 22.7 Å². The molecule has 0 saturated heterocycles. The van der Waals surface area contributed by atoms with Gasteiger partial charge in [-0.25, -0.2) is 4.98 Å². The predicted molar refractivity (Wildman–Crippen MR) is 75.4 cm³/mol. The van der Waals surface area contributed by atoms with Crippen LogP contribution in [-0.4, -0.2) is 18.6 Å². The molecule has 86 valence electrons. The van der Waals surface area contributed by atoms with Gasteiger partial charge in [0, 0.05) is 21.7 Å². The maximum atomic E-state index is 4.65. The summed E-state index contributed by atoms with van der Waals surface area (Å²) in [5.74, 6) is 0. The molecule has 0 aliphatic carbocycles. The lowest BCUT2D eigenvalue weighted by atomic mass is 10.3. The monoisotopic (exact) mass is 316 g/mol. The average Bonchev–Trinajstić information content (AvgIpc) is 2.87. The van der Waals surface area contributed by atoms with E-state index in [0.29, 0.717) is 0 Å². The van der Waals surface area contributed by atoms with Crippen LogP contribution in [0, 0.1) is 0 Å². The van der Waals surface area contributed by atoms with E-state index in [1.807, 2.05) is 7.05 Å². The van der Waals surface area contributed by atoms with Crippen LogP contribution in [-0.2, 0) is 6.42 Å². The van der Waals surface area contributed by atoms with E-state index >= 15 is 0 Å². The third kappa shape index (κ3) is 3.13. The highest BCUT2D eigenvalue weighted by Gasteiger charge is 2.06. The molecule has 0 bridgehead atoms. The third-order valence-corrected chi connectivity index (χ3v) is 4.81. The number of thiophene rings is 1. The Kier molecular flexibility index (Phi) is 4.52. The van der Waals surface area contributed by atoms with E-state index in [9.17, 15) is 0 Å². The molecule has 1 N–H and O–H groups in total. The molecule has 2 rings (SSSR count). The quantitative estimate of drug-likeness (QED) is 0.849. The standard InChI is InChI=1S/C11H13BrN2S2/c1-13-4-2-3-11-14-9(7-16-11)10-5-8(12)6-15-10/h5-7,13H,2-4H2,1H3. The molecule has 0 amide bonds. The number of rotatable bonds is 5. The van der Waals surface area contributed by atoms with Gasteiger partial charge in [0.05, 0.1) is 15.6 Å². The third-order valence-electron chi connectivity index (χ3n) is 2.19. The molecule has 0 spiro atoms. The van der Waals surface area contributed by atoms with Crippen molar-refractivity contribution in [2.75, 3.05) is 13.6 Å². The Morgan fingerprint density at radius 2 is 2.25 bits per heavy atom. The lowest BCUT2D eigenvalue weighted by Gasteiger charge is -1.95. The van der Waals surface area contributed by atoms with Crippen LogP contribution in [0.4, 0.5) is 0 Å².